The number of rotatable bonds is 6. The molecule has 5 rings (SSSR count). The number of fused-ring (bicyclic) bond motifs is 1. The lowest BCUT2D eigenvalue weighted by molar-refractivity contribution is 0.355. The maximum absolute atomic E-state index is 5.58. The van der Waals surface area contributed by atoms with Crippen molar-refractivity contribution >= 4 is 17.2 Å². The van der Waals surface area contributed by atoms with Crippen LogP contribution in [0, 0.1) is 13.8 Å². The summed E-state index contributed by atoms with van der Waals surface area (Å²) in [7, 11) is 5.01. The second-order valence-corrected chi connectivity index (χ2v) is 8.67. The minimum absolute atomic E-state index is 0.684. The lowest BCUT2D eigenvalue weighted by Gasteiger charge is -2.37. The third kappa shape index (κ3) is 4.09. The van der Waals surface area contributed by atoms with E-state index in [2.05, 4.69) is 28.0 Å². The number of methoxy groups -OCH3 is 3. The minimum Gasteiger partial charge on any atom is -0.495 e. The van der Waals surface area contributed by atoms with Gasteiger partial charge < -0.3 is 24.0 Å². The Kier molecular flexibility index (Phi) is 6.11. The first kappa shape index (κ1) is 22.8. The Bertz CT molecular complexity index is 1360. The Labute approximate surface area is 205 Å². The van der Waals surface area contributed by atoms with Gasteiger partial charge >= 0.3 is 0 Å². The molecule has 35 heavy (non-hydrogen) atoms. The van der Waals surface area contributed by atoms with E-state index in [4.69, 9.17) is 24.3 Å². The van der Waals surface area contributed by atoms with E-state index in [-0.39, 0.29) is 0 Å². The van der Waals surface area contributed by atoms with Gasteiger partial charge in [-0.1, -0.05) is 18.2 Å². The molecule has 0 amide bonds. The van der Waals surface area contributed by atoms with E-state index in [1.165, 1.54) is 0 Å². The molecule has 3 heterocycles. The first-order chi connectivity index (χ1) is 17.0. The lowest BCUT2D eigenvalue weighted by Crippen LogP contribution is -2.47. The number of hydrogen-bond donors (Lipinski definition) is 0. The van der Waals surface area contributed by atoms with Crippen LogP contribution in [0.4, 0.5) is 11.5 Å². The monoisotopic (exact) mass is 473 g/mol. The summed E-state index contributed by atoms with van der Waals surface area (Å²) in [6, 6.07) is 16.3. The normalized spacial score (nSPS) is 13.9. The highest BCUT2D eigenvalue weighted by Crippen LogP contribution is 2.36. The molecular weight excluding hydrogens is 442 g/mol. The van der Waals surface area contributed by atoms with E-state index >= 15 is 0 Å². The summed E-state index contributed by atoms with van der Waals surface area (Å²) in [6.07, 6.45) is 0. The zero-order valence-corrected chi connectivity index (χ0v) is 20.9. The third-order valence-electron chi connectivity index (χ3n) is 6.58. The first-order valence-electron chi connectivity index (χ1n) is 11.8. The van der Waals surface area contributed by atoms with Crippen LogP contribution in [0.1, 0.15) is 11.4 Å². The number of aromatic nitrogens is 3. The summed E-state index contributed by atoms with van der Waals surface area (Å²) in [4.78, 5) is 9.65. The van der Waals surface area contributed by atoms with Gasteiger partial charge in [0.25, 0.3) is 0 Å². The van der Waals surface area contributed by atoms with Crippen LogP contribution in [0.2, 0.25) is 0 Å². The van der Waals surface area contributed by atoms with Gasteiger partial charge in [-0.2, -0.15) is 9.61 Å². The van der Waals surface area contributed by atoms with Crippen molar-refractivity contribution < 1.29 is 14.2 Å². The van der Waals surface area contributed by atoms with Crippen LogP contribution in [0.5, 0.6) is 17.2 Å². The molecule has 0 saturated carbocycles. The van der Waals surface area contributed by atoms with Crippen molar-refractivity contribution in [2.24, 2.45) is 0 Å². The molecule has 4 aromatic rings. The number of hydrogen-bond acceptors (Lipinski definition) is 7. The third-order valence-corrected chi connectivity index (χ3v) is 6.58. The van der Waals surface area contributed by atoms with E-state index in [0.717, 1.165) is 71.6 Å². The summed E-state index contributed by atoms with van der Waals surface area (Å²) in [6.45, 7) is 7.61. The molecule has 182 valence electrons. The van der Waals surface area contributed by atoms with Gasteiger partial charge in [0.05, 0.1) is 32.7 Å². The van der Waals surface area contributed by atoms with Gasteiger partial charge in [0.2, 0.25) is 0 Å². The van der Waals surface area contributed by atoms with E-state index in [1.807, 2.05) is 48.7 Å². The number of ether oxygens (including phenoxy) is 3. The quantitative estimate of drug-likeness (QED) is 0.412. The average molecular weight is 474 g/mol. The maximum Gasteiger partial charge on any atom is 0.165 e. The van der Waals surface area contributed by atoms with Crippen LogP contribution < -0.4 is 24.0 Å². The van der Waals surface area contributed by atoms with Gasteiger partial charge in [-0.3, -0.25) is 0 Å². The fraction of sp³-hybridized carbons (Fsp3) is 0.333. The lowest BCUT2D eigenvalue weighted by atomic mass is 10.1. The van der Waals surface area contributed by atoms with Crippen LogP contribution in [0.25, 0.3) is 16.8 Å². The Morgan fingerprint density at radius 1 is 0.743 bits per heavy atom. The van der Waals surface area contributed by atoms with Gasteiger partial charge in [-0.15, -0.1) is 0 Å². The molecule has 0 N–H and O–H groups in total. The van der Waals surface area contributed by atoms with Crippen LogP contribution in [0.3, 0.4) is 0 Å². The number of piperazine rings is 1. The smallest absolute Gasteiger partial charge is 0.165 e. The average Bonchev–Trinajstić information content (AvgIpc) is 3.23. The largest absolute Gasteiger partial charge is 0.495 e. The molecule has 0 aliphatic carbocycles. The Morgan fingerprint density at radius 2 is 1.43 bits per heavy atom. The van der Waals surface area contributed by atoms with Crippen LogP contribution in [-0.2, 0) is 0 Å². The minimum atomic E-state index is 0.684. The molecular formula is C27H31N5O3. The molecule has 0 spiro atoms. The highest BCUT2D eigenvalue weighted by molar-refractivity contribution is 5.82. The number of para-hydroxylation sites is 2. The van der Waals surface area contributed by atoms with Crippen LogP contribution in [-0.4, -0.2) is 62.1 Å². The standard InChI is InChI=1S/C27H31N5O3/c1-18-16-25(31-14-12-30(13-15-31)21-8-6-7-9-22(21)33-3)32-27(28-18)26(19(2)29-32)20-10-11-23(34-4)24(17-20)35-5/h6-11,16-17H,12-15H2,1-5H3. The molecule has 1 aliphatic heterocycles. The van der Waals surface area contributed by atoms with Gasteiger partial charge in [0.15, 0.2) is 17.1 Å². The zero-order chi connectivity index (χ0) is 24.5. The summed E-state index contributed by atoms with van der Waals surface area (Å²) < 4.78 is 18.5. The van der Waals surface area contributed by atoms with Gasteiger partial charge in [-0.05, 0) is 43.7 Å². The van der Waals surface area contributed by atoms with Crippen molar-refractivity contribution in [3.63, 3.8) is 0 Å². The Hall–Kier alpha value is -3.94. The fourth-order valence-electron chi connectivity index (χ4n) is 4.85. The maximum atomic E-state index is 5.58. The molecule has 8 nitrogen and oxygen atoms in total. The number of nitrogens with zero attached hydrogens (tertiary/aromatic N) is 5. The highest BCUT2D eigenvalue weighted by atomic mass is 16.5. The molecule has 1 saturated heterocycles. The highest BCUT2D eigenvalue weighted by Gasteiger charge is 2.24. The summed E-state index contributed by atoms with van der Waals surface area (Å²) in [5.41, 5.74) is 5.86. The molecule has 0 radical (unpaired) electrons. The number of aryl methyl sites for hydroxylation is 2. The van der Waals surface area contributed by atoms with Crippen molar-refractivity contribution in [1.82, 2.24) is 14.6 Å². The number of benzene rings is 2. The second kappa shape index (κ2) is 9.37. The summed E-state index contributed by atoms with van der Waals surface area (Å²) in [5.74, 6) is 3.35. The Balaban J connectivity index is 1.49. The fourth-order valence-corrected chi connectivity index (χ4v) is 4.85. The van der Waals surface area contributed by atoms with Crippen molar-refractivity contribution in [2.75, 3.05) is 57.3 Å². The second-order valence-electron chi connectivity index (χ2n) is 8.67. The molecule has 2 aromatic carbocycles. The Morgan fingerprint density at radius 3 is 2.14 bits per heavy atom. The van der Waals surface area contributed by atoms with Crippen molar-refractivity contribution in [3.8, 4) is 28.4 Å². The predicted octanol–water partition coefficient (Wildman–Crippen LogP) is 4.37. The van der Waals surface area contributed by atoms with E-state index < -0.39 is 0 Å². The molecule has 1 fully saturated rings. The zero-order valence-electron chi connectivity index (χ0n) is 20.9. The van der Waals surface area contributed by atoms with Gasteiger partial charge in [0.1, 0.15) is 11.6 Å². The van der Waals surface area contributed by atoms with Crippen LogP contribution >= 0.6 is 0 Å². The topological polar surface area (TPSA) is 64.4 Å². The number of anilines is 2. The molecule has 1 aliphatic rings. The van der Waals surface area contributed by atoms with Gasteiger partial charge in [0, 0.05) is 43.5 Å². The molecule has 2 aromatic heterocycles. The molecule has 8 heteroatoms. The van der Waals surface area contributed by atoms with Crippen LogP contribution in [0.15, 0.2) is 48.5 Å². The molecule has 0 unspecified atom stereocenters. The van der Waals surface area contributed by atoms with E-state index in [1.54, 1.807) is 21.3 Å². The van der Waals surface area contributed by atoms with Crippen molar-refractivity contribution in [2.45, 2.75) is 13.8 Å². The predicted molar refractivity (Wildman–Crippen MR) is 138 cm³/mol. The van der Waals surface area contributed by atoms with E-state index in [9.17, 15) is 0 Å². The molecule has 0 atom stereocenters. The van der Waals surface area contributed by atoms with Crippen molar-refractivity contribution in [3.05, 3.63) is 59.9 Å². The summed E-state index contributed by atoms with van der Waals surface area (Å²) in [5, 5.41) is 4.92. The van der Waals surface area contributed by atoms with Crippen molar-refractivity contribution in [1.29, 1.82) is 0 Å². The molecule has 0 bridgehead atoms. The SMILES string of the molecule is COc1ccc(-c2c(C)nn3c(N4CCN(c5ccccc5OC)CC4)cc(C)nc23)cc1OC. The summed E-state index contributed by atoms with van der Waals surface area (Å²) >= 11 is 0. The first-order valence-corrected chi connectivity index (χ1v) is 11.8. The van der Waals surface area contributed by atoms with E-state index in [0.29, 0.717) is 11.5 Å². The van der Waals surface area contributed by atoms with Gasteiger partial charge in [-0.25, -0.2) is 4.98 Å².